The van der Waals surface area contributed by atoms with E-state index in [1.165, 1.54) is 49.7 Å². The Morgan fingerprint density at radius 1 is 1.20 bits per heavy atom. The summed E-state index contributed by atoms with van der Waals surface area (Å²) < 4.78 is 0. The predicted molar refractivity (Wildman–Crippen MR) is 85.1 cm³/mol. The lowest BCUT2D eigenvalue weighted by Crippen LogP contribution is -2.39. The zero-order valence-corrected chi connectivity index (χ0v) is 12.2. The van der Waals surface area contributed by atoms with Crippen molar-refractivity contribution in [2.75, 3.05) is 25.0 Å². The molecule has 3 nitrogen and oxygen atoms in total. The Hall–Kier alpha value is -1.61. The summed E-state index contributed by atoms with van der Waals surface area (Å²) in [7, 11) is 0. The summed E-state index contributed by atoms with van der Waals surface area (Å²) in [5.41, 5.74) is 0. The van der Waals surface area contributed by atoms with E-state index in [9.17, 15) is 0 Å². The van der Waals surface area contributed by atoms with E-state index in [0.29, 0.717) is 6.04 Å². The predicted octanol–water partition coefficient (Wildman–Crippen LogP) is 3.52. The van der Waals surface area contributed by atoms with Gasteiger partial charge in [0.25, 0.3) is 0 Å². The second-order valence-electron chi connectivity index (χ2n) is 5.64. The Kier molecular flexibility index (Phi) is 4.16. The third-order valence-corrected chi connectivity index (χ3v) is 4.14. The normalized spacial score (nSPS) is 17.4. The number of anilines is 1. The van der Waals surface area contributed by atoms with Gasteiger partial charge in [0.1, 0.15) is 5.82 Å². The van der Waals surface area contributed by atoms with Gasteiger partial charge >= 0.3 is 0 Å². The fourth-order valence-corrected chi connectivity index (χ4v) is 3.05. The van der Waals surface area contributed by atoms with Gasteiger partial charge in [0, 0.05) is 30.7 Å². The van der Waals surface area contributed by atoms with Crippen molar-refractivity contribution in [1.82, 2.24) is 9.88 Å². The Bertz CT molecular complexity index is 554. The molecule has 3 rings (SSSR count). The van der Waals surface area contributed by atoms with Gasteiger partial charge < -0.3 is 10.2 Å². The molecule has 0 radical (unpaired) electrons. The molecule has 0 spiro atoms. The fraction of sp³-hybridized carbons (Fsp3) is 0.471. The second-order valence-corrected chi connectivity index (χ2v) is 5.64. The molecular weight excluding hydrogens is 246 g/mol. The van der Waals surface area contributed by atoms with Crippen LogP contribution >= 0.6 is 0 Å². The first-order valence-electron chi connectivity index (χ1n) is 7.69. The van der Waals surface area contributed by atoms with E-state index in [1.807, 2.05) is 6.20 Å². The first-order valence-corrected chi connectivity index (χ1v) is 7.69. The lowest BCUT2D eigenvalue weighted by Gasteiger charge is -2.32. The molecule has 2 aromatic rings. The zero-order chi connectivity index (χ0) is 13.8. The smallest absolute Gasteiger partial charge is 0.134 e. The topological polar surface area (TPSA) is 28.2 Å². The summed E-state index contributed by atoms with van der Waals surface area (Å²) in [6.07, 6.45) is 5.58. The summed E-state index contributed by atoms with van der Waals surface area (Å²) in [5, 5.41) is 6.13. The largest absolute Gasteiger partial charge is 0.367 e. The maximum Gasteiger partial charge on any atom is 0.134 e. The molecule has 0 amide bonds. The monoisotopic (exact) mass is 269 g/mol. The van der Waals surface area contributed by atoms with Gasteiger partial charge in [0.2, 0.25) is 0 Å². The summed E-state index contributed by atoms with van der Waals surface area (Å²) in [4.78, 5) is 7.10. The Balaban J connectivity index is 1.68. The van der Waals surface area contributed by atoms with Crippen LogP contribution in [0.4, 0.5) is 5.82 Å². The van der Waals surface area contributed by atoms with Gasteiger partial charge in [-0.25, -0.2) is 4.98 Å². The molecule has 3 heteroatoms. The number of piperidine rings is 1. The highest BCUT2D eigenvalue weighted by molar-refractivity contribution is 5.91. The zero-order valence-electron chi connectivity index (χ0n) is 12.2. The van der Waals surface area contributed by atoms with E-state index in [1.54, 1.807) is 0 Å². The van der Waals surface area contributed by atoms with Crippen LogP contribution < -0.4 is 5.32 Å². The van der Waals surface area contributed by atoms with Crippen molar-refractivity contribution in [3.63, 3.8) is 0 Å². The van der Waals surface area contributed by atoms with Crippen LogP contribution in [0.2, 0.25) is 0 Å². The molecule has 1 saturated heterocycles. The van der Waals surface area contributed by atoms with E-state index in [4.69, 9.17) is 0 Å². The SMILES string of the molecule is CCCN1CCC(Nc2nccc3ccccc23)CC1. The first kappa shape index (κ1) is 13.4. The van der Waals surface area contributed by atoms with Gasteiger partial charge in [0.05, 0.1) is 0 Å². The van der Waals surface area contributed by atoms with Crippen LogP contribution in [0, 0.1) is 0 Å². The van der Waals surface area contributed by atoms with Gasteiger partial charge in [-0.15, -0.1) is 0 Å². The summed E-state index contributed by atoms with van der Waals surface area (Å²) in [6.45, 7) is 5.90. The van der Waals surface area contributed by atoms with E-state index in [2.05, 4.69) is 52.5 Å². The number of nitrogens with one attached hydrogen (secondary N) is 1. The van der Waals surface area contributed by atoms with E-state index in [-0.39, 0.29) is 0 Å². The molecule has 1 aromatic heterocycles. The number of hydrogen-bond acceptors (Lipinski definition) is 3. The van der Waals surface area contributed by atoms with Crippen molar-refractivity contribution in [3.8, 4) is 0 Å². The number of hydrogen-bond donors (Lipinski definition) is 1. The summed E-state index contributed by atoms with van der Waals surface area (Å²) in [5.74, 6) is 1.04. The maximum atomic E-state index is 4.53. The molecular formula is C17H23N3. The highest BCUT2D eigenvalue weighted by Crippen LogP contribution is 2.23. The molecule has 1 N–H and O–H groups in total. The number of rotatable bonds is 4. The highest BCUT2D eigenvalue weighted by atomic mass is 15.1. The summed E-state index contributed by atoms with van der Waals surface area (Å²) >= 11 is 0. The minimum Gasteiger partial charge on any atom is -0.367 e. The number of likely N-dealkylation sites (tertiary alicyclic amines) is 1. The molecule has 106 valence electrons. The van der Waals surface area contributed by atoms with Gasteiger partial charge in [-0.3, -0.25) is 0 Å². The molecule has 1 fully saturated rings. The van der Waals surface area contributed by atoms with Crippen molar-refractivity contribution >= 4 is 16.6 Å². The van der Waals surface area contributed by atoms with Gasteiger partial charge in [-0.2, -0.15) is 0 Å². The average molecular weight is 269 g/mol. The van der Waals surface area contributed by atoms with Gasteiger partial charge in [0.15, 0.2) is 0 Å². The molecule has 2 heterocycles. The van der Waals surface area contributed by atoms with Gasteiger partial charge in [-0.05, 0) is 37.3 Å². The minimum absolute atomic E-state index is 0.557. The standard InChI is InChI=1S/C17H23N3/c1-2-11-20-12-8-15(9-13-20)19-17-16-6-4-3-5-14(16)7-10-18-17/h3-7,10,15H,2,8-9,11-13H2,1H3,(H,18,19). The Morgan fingerprint density at radius 3 is 2.80 bits per heavy atom. The Labute approximate surface area is 121 Å². The van der Waals surface area contributed by atoms with Crippen LogP contribution in [0.5, 0.6) is 0 Å². The third kappa shape index (κ3) is 2.93. The van der Waals surface area contributed by atoms with Crippen molar-refractivity contribution in [1.29, 1.82) is 0 Å². The molecule has 0 atom stereocenters. The molecule has 0 aliphatic carbocycles. The maximum absolute atomic E-state index is 4.53. The molecule has 0 bridgehead atoms. The van der Waals surface area contributed by atoms with Crippen LogP contribution in [-0.2, 0) is 0 Å². The number of fused-ring (bicyclic) bond motifs is 1. The van der Waals surface area contributed by atoms with E-state index < -0.39 is 0 Å². The third-order valence-electron chi connectivity index (χ3n) is 4.14. The second kappa shape index (κ2) is 6.23. The molecule has 1 aliphatic rings. The molecule has 1 aliphatic heterocycles. The quantitative estimate of drug-likeness (QED) is 0.920. The van der Waals surface area contributed by atoms with E-state index >= 15 is 0 Å². The lowest BCUT2D eigenvalue weighted by molar-refractivity contribution is 0.219. The fourth-order valence-electron chi connectivity index (χ4n) is 3.05. The van der Waals surface area contributed by atoms with Crippen LogP contribution in [0.3, 0.4) is 0 Å². The molecule has 0 unspecified atom stereocenters. The number of aromatic nitrogens is 1. The van der Waals surface area contributed by atoms with Crippen LogP contribution in [-0.4, -0.2) is 35.6 Å². The van der Waals surface area contributed by atoms with Crippen LogP contribution in [0.15, 0.2) is 36.5 Å². The minimum atomic E-state index is 0.557. The van der Waals surface area contributed by atoms with Crippen LogP contribution in [0.25, 0.3) is 10.8 Å². The average Bonchev–Trinajstić information content (AvgIpc) is 2.50. The van der Waals surface area contributed by atoms with Crippen LogP contribution in [0.1, 0.15) is 26.2 Å². The van der Waals surface area contributed by atoms with Crippen molar-refractivity contribution in [2.45, 2.75) is 32.2 Å². The first-order chi connectivity index (χ1) is 9.86. The van der Waals surface area contributed by atoms with Crippen molar-refractivity contribution in [3.05, 3.63) is 36.5 Å². The van der Waals surface area contributed by atoms with Gasteiger partial charge in [-0.1, -0.05) is 31.2 Å². The molecule has 0 saturated carbocycles. The van der Waals surface area contributed by atoms with E-state index in [0.717, 1.165) is 5.82 Å². The number of nitrogens with zero attached hydrogens (tertiary/aromatic N) is 2. The highest BCUT2D eigenvalue weighted by Gasteiger charge is 2.19. The van der Waals surface area contributed by atoms with Crippen molar-refractivity contribution in [2.24, 2.45) is 0 Å². The summed E-state index contributed by atoms with van der Waals surface area (Å²) in [6, 6.07) is 11.1. The molecule has 1 aromatic carbocycles. The number of benzene rings is 1. The Morgan fingerprint density at radius 2 is 2.00 bits per heavy atom. The number of pyridine rings is 1. The molecule has 20 heavy (non-hydrogen) atoms. The lowest BCUT2D eigenvalue weighted by atomic mass is 10.0. The van der Waals surface area contributed by atoms with Crippen molar-refractivity contribution < 1.29 is 0 Å².